The first kappa shape index (κ1) is 29.6. The number of hydrogen-bond acceptors (Lipinski definition) is 2. The highest BCUT2D eigenvalue weighted by atomic mass is 15.0. The van der Waals surface area contributed by atoms with Crippen molar-refractivity contribution >= 4 is 64.9 Å². The molecular weight excluding hydrogens is 643 g/mol. The number of nitrogens with zero attached hydrogens (tertiary/aromatic N) is 3. The van der Waals surface area contributed by atoms with Crippen molar-refractivity contribution in [3.8, 4) is 39.6 Å². The van der Waals surface area contributed by atoms with Gasteiger partial charge in [0.15, 0.2) is 5.82 Å². The van der Waals surface area contributed by atoms with Gasteiger partial charge in [0, 0.05) is 33.2 Å². The summed E-state index contributed by atoms with van der Waals surface area (Å²) in [5, 5.41) is 12.3. The topological polar surface area (TPSA) is 30.7 Å². The van der Waals surface area contributed by atoms with E-state index >= 15 is 0 Å². The Morgan fingerprint density at radius 1 is 0.321 bits per heavy atom. The predicted molar refractivity (Wildman–Crippen MR) is 223 cm³/mol. The molecule has 0 amide bonds. The van der Waals surface area contributed by atoms with Gasteiger partial charge in [-0.25, -0.2) is 9.97 Å². The highest BCUT2D eigenvalue weighted by molar-refractivity contribution is 6.28. The van der Waals surface area contributed by atoms with E-state index in [0.29, 0.717) is 5.82 Å². The Kier molecular flexibility index (Phi) is 6.55. The highest BCUT2D eigenvalue weighted by Gasteiger charge is 2.18. The van der Waals surface area contributed by atoms with E-state index in [2.05, 4.69) is 187 Å². The van der Waals surface area contributed by atoms with Crippen LogP contribution < -0.4 is 0 Å². The monoisotopic (exact) mass is 673 g/mol. The lowest BCUT2D eigenvalue weighted by Crippen LogP contribution is -1.96. The van der Waals surface area contributed by atoms with Crippen LogP contribution in [-0.2, 0) is 0 Å². The molecule has 0 saturated carbocycles. The van der Waals surface area contributed by atoms with E-state index in [1.54, 1.807) is 0 Å². The third kappa shape index (κ3) is 4.82. The molecule has 2 aromatic heterocycles. The summed E-state index contributed by atoms with van der Waals surface area (Å²) in [6.07, 6.45) is 0. The summed E-state index contributed by atoms with van der Waals surface area (Å²) in [6.45, 7) is 0. The van der Waals surface area contributed by atoms with Crippen molar-refractivity contribution in [1.29, 1.82) is 0 Å². The normalized spacial score (nSPS) is 11.8. The number of hydrogen-bond donors (Lipinski definition) is 0. The first-order chi connectivity index (χ1) is 26.2. The molecule has 0 bridgehead atoms. The van der Waals surface area contributed by atoms with Crippen LogP contribution in [0.25, 0.3) is 104 Å². The Morgan fingerprint density at radius 3 is 1.53 bits per heavy atom. The van der Waals surface area contributed by atoms with Gasteiger partial charge in [0.05, 0.1) is 22.4 Å². The molecular formula is C50H31N3. The largest absolute Gasteiger partial charge is 0.309 e. The maximum absolute atomic E-state index is 5.17. The van der Waals surface area contributed by atoms with Crippen molar-refractivity contribution in [2.45, 2.75) is 0 Å². The standard InChI is InChI=1S/C50H31N3/c1-2-13-35(14-3-1)44-31-45(39-20-18-32-10-4-5-15-36(32)28-39)52-50(51-44)40-21-19-38-30-41(25-22-37(38)29-40)53-46-26-23-33-11-6-8-16-42(33)48(46)49-43-17-9-7-12-34(43)24-27-47(49)53/h1-31H. The predicted octanol–water partition coefficient (Wildman–Crippen LogP) is 13.2. The van der Waals surface area contributed by atoms with Crippen molar-refractivity contribution in [3.63, 3.8) is 0 Å². The van der Waals surface area contributed by atoms with Crippen LogP contribution in [0.3, 0.4) is 0 Å². The maximum Gasteiger partial charge on any atom is 0.160 e. The van der Waals surface area contributed by atoms with Gasteiger partial charge in [0.1, 0.15) is 0 Å². The molecule has 0 radical (unpaired) electrons. The summed E-state index contributed by atoms with van der Waals surface area (Å²) in [5.41, 5.74) is 8.48. The molecule has 246 valence electrons. The molecule has 53 heavy (non-hydrogen) atoms. The average molecular weight is 674 g/mol. The van der Waals surface area contributed by atoms with E-state index in [-0.39, 0.29) is 0 Å². The summed E-state index contributed by atoms with van der Waals surface area (Å²) >= 11 is 0. The van der Waals surface area contributed by atoms with Crippen LogP contribution in [0.15, 0.2) is 188 Å². The lowest BCUT2D eigenvalue weighted by Gasteiger charge is -2.12. The zero-order chi connectivity index (χ0) is 34.9. The summed E-state index contributed by atoms with van der Waals surface area (Å²) in [4.78, 5) is 10.3. The third-order valence-corrected chi connectivity index (χ3v) is 10.7. The molecule has 0 atom stereocenters. The molecule has 0 unspecified atom stereocenters. The molecule has 11 aromatic rings. The number of fused-ring (bicyclic) bond motifs is 9. The Labute approximate surface area is 306 Å². The van der Waals surface area contributed by atoms with E-state index < -0.39 is 0 Å². The van der Waals surface area contributed by atoms with Gasteiger partial charge in [-0.3, -0.25) is 0 Å². The average Bonchev–Trinajstić information content (AvgIpc) is 3.59. The van der Waals surface area contributed by atoms with Crippen molar-refractivity contribution in [3.05, 3.63) is 188 Å². The summed E-state index contributed by atoms with van der Waals surface area (Å²) < 4.78 is 2.43. The molecule has 0 saturated heterocycles. The fourth-order valence-corrected chi connectivity index (χ4v) is 8.17. The molecule has 0 aliphatic carbocycles. The molecule has 11 rings (SSSR count). The van der Waals surface area contributed by atoms with E-state index in [9.17, 15) is 0 Å². The number of rotatable bonds is 4. The second-order valence-corrected chi connectivity index (χ2v) is 13.8. The van der Waals surface area contributed by atoms with Gasteiger partial charge in [-0.1, -0.05) is 146 Å². The van der Waals surface area contributed by atoms with Gasteiger partial charge in [-0.15, -0.1) is 0 Å². The molecule has 0 aliphatic rings. The molecule has 3 heteroatoms. The fourth-order valence-electron chi connectivity index (χ4n) is 8.17. The zero-order valence-electron chi connectivity index (χ0n) is 28.7. The molecule has 0 fully saturated rings. The van der Waals surface area contributed by atoms with E-state index in [0.717, 1.165) is 44.5 Å². The molecule has 0 aliphatic heterocycles. The Balaban J connectivity index is 1.08. The summed E-state index contributed by atoms with van der Waals surface area (Å²) in [5.74, 6) is 0.710. The van der Waals surface area contributed by atoms with Crippen molar-refractivity contribution in [2.24, 2.45) is 0 Å². The van der Waals surface area contributed by atoms with Gasteiger partial charge in [-0.2, -0.15) is 0 Å². The molecule has 3 nitrogen and oxygen atoms in total. The van der Waals surface area contributed by atoms with Crippen LogP contribution >= 0.6 is 0 Å². The van der Waals surface area contributed by atoms with Gasteiger partial charge in [0.25, 0.3) is 0 Å². The van der Waals surface area contributed by atoms with Gasteiger partial charge < -0.3 is 4.57 Å². The fraction of sp³-hybridized carbons (Fsp3) is 0. The smallest absolute Gasteiger partial charge is 0.160 e. The Hall–Kier alpha value is -7.10. The van der Waals surface area contributed by atoms with Crippen LogP contribution in [0, 0.1) is 0 Å². The molecule has 2 heterocycles. The van der Waals surface area contributed by atoms with Gasteiger partial charge >= 0.3 is 0 Å². The first-order valence-corrected chi connectivity index (χ1v) is 18.1. The van der Waals surface area contributed by atoms with Gasteiger partial charge in [-0.05, 0) is 85.6 Å². The summed E-state index contributed by atoms with van der Waals surface area (Å²) in [6, 6.07) is 67.4. The second kappa shape index (κ2) is 11.7. The van der Waals surface area contributed by atoms with Crippen molar-refractivity contribution in [2.75, 3.05) is 0 Å². The maximum atomic E-state index is 5.17. The minimum absolute atomic E-state index is 0.710. The van der Waals surface area contributed by atoms with Crippen LogP contribution in [0.5, 0.6) is 0 Å². The SMILES string of the molecule is c1ccc(-c2cc(-c3ccc4ccccc4c3)nc(-c3ccc4cc(-n5c6ccc7ccccc7c6c6c7ccccc7ccc65)ccc4c3)n2)cc1. The van der Waals surface area contributed by atoms with Crippen LogP contribution in [0.1, 0.15) is 0 Å². The molecule has 0 N–H and O–H groups in total. The number of benzene rings is 9. The van der Waals surface area contributed by atoms with Crippen LogP contribution in [-0.4, -0.2) is 14.5 Å². The minimum atomic E-state index is 0.710. The highest BCUT2D eigenvalue weighted by Crippen LogP contribution is 2.41. The van der Waals surface area contributed by atoms with E-state index in [1.165, 1.54) is 54.1 Å². The minimum Gasteiger partial charge on any atom is -0.309 e. The lowest BCUT2D eigenvalue weighted by molar-refractivity contribution is 1.18. The number of aromatic nitrogens is 3. The summed E-state index contributed by atoms with van der Waals surface area (Å²) in [7, 11) is 0. The third-order valence-electron chi connectivity index (χ3n) is 10.7. The van der Waals surface area contributed by atoms with Crippen LogP contribution in [0.4, 0.5) is 0 Å². The van der Waals surface area contributed by atoms with Crippen molar-refractivity contribution in [1.82, 2.24) is 14.5 Å². The van der Waals surface area contributed by atoms with E-state index in [1.807, 2.05) is 6.07 Å². The lowest BCUT2D eigenvalue weighted by atomic mass is 10.00. The molecule has 0 spiro atoms. The second-order valence-electron chi connectivity index (χ2n) is 13.8. The quantitative estimate of drug-likeness (QED) is 0.186. The van der Waals surface area contributed by atoms with Gasteiger partial charge in [0.2, 0.25) is 0 Å². The molecule has 9 aromatic carbocycles. The van der Waals surface area contributed by atoms with Crippen LogP contribution in [0.2, 0.25) is 0 Å². The Bertz CT molecular complexity index is 3140. The first-order valence-electron chi connectivity index (χ1n) is 18.1. The zero-order valence-corrected chi connectivity index (χ0v) is 28.7. The van der Waals surface area contributed by atoms with E-state index in [4.69, 9.17) is 9.97 Å². The van der Waals surface area contributed by atoms with Crippen molar-refractivity contribution < 1.29 is 0 Å². The Morgan fingerprint density at radius 2 is 0.811 bits per heavy atom.